The fourth-order valence-electron chi connectivity index (χ4n) is 12.2. The molecule has 404 valence electrons. The first-order chi connectivity index (χ1) is 37.2. The van der Waals surface area contributed by atoms with Gasteiger partial charge in [0.05, 0.1) is 79.3 Å². The molecule has 0 amide bonds. The van der Waals surface area contributed by atoms with Gasteiger partial charge in [-0.05, 0) is 133 Å². The zero-order valence-corrected chi connectivity index (χ0v) is 46.6. The van der Waals surface area contributed by atoms with Gasteiger partial charge in [-0.3, -0.25) is 0 Å². The van der Waals surface area contributed by atoms with Crippen molar-refractivity contribution in [3.05, 3.63) is 196 Å². The summed E-state index contributed by atoms with van der Waals surface area (Å²) < 4.78 is 71.5. The molecule has 0 aliphatic heterocycles. The fraction of sp³-hybridized carbons (Fsp3) is 0.406. The van der Waals surface area contributed by atoms with Gasteiger partial charge in [-0.2, -0.15) is 0 Å². The van der Waals surface area contributed by atoms with Gasteiger partial charge in [-0.25, -0.2) is 0 Å². The monoisotopic (exact) mass is 1040 g/mol. The third-order valence-electron chi connectivity index (χ3n) is 14.5. The smallest absolute Gasteiger partial charge is 0.0719 e. The lowest BCUT2D eigenvalue weighted by molar-refractivity contribution is 0.174. The van der Waals surface area contributed by atoms with Gasteiger partial charge in [0.25, 0.3) is 0 Å². The maximum absolute atomic E-state index is 6.07. The Morgan fingerprint density at radius 1 is 0.276 bits per heavy atom. The summed E-state index contributed by atoms with van der Waals surface area (Å²) in [5, 5.41) is 2.31. The summed E-state index contributed by atoms with van der Waals surface area (Å²) in [5.41, 5.74) is 23.7. The highest BCUT2D eigenvalue weighted by Crippen LogP contribution is 2.54. The molecule has 0 heterocycles. The van der Waals surface area contributed by atoms with Crippen LogP contribution < -0.4 is 0 Å². The summed E-state index contributed by atoms with van der Waals surface area (Å²) in [5.74, 6) is -0.530. The Balaban J connectivity index is 1.59. The van der Waals surface area contributed by atoms with E-state index >= 15 is 0 Å². The Labute approximate surface area is 449 Å². The molecule has 0 bridgehead atoms. The number of ether oxygens (including phenoxy) is 12. The quantitative estimate of drug-likeness (QED) is 0.0466. The van der Waals surface area contributed by atoms with Crippen LogP contribution in [-0.2, 0) is 136 Å². The predicted octanol–water partition coefficient (Wildman–Crippen LogP) is 11.8. The Morgan fingerprint density at radius 2 is 0.500 bits per heavy atom. The third kappa shape index (κ3) is 11.6. The van der Waals surface area contributed by atoms with Crippen molar-refractivity contribution >= 4 is 21.9 Å². The molecule has 0 saturated heterocycles. The van der Waals surface area contributed by atoms with E-state index in [1.54, 1.807) is 85.3 Å². The molecule has 2 aliphatic rings. The standard InChI is InChI=1S/C64H76O12/c1-65-27-39-17-43(31-69-5)59(44(18-39)32-70-6)55-25-56(60-45(33-71-7)19-40(28-66-2)20-46(60)34-72-8)52-15-16-54-58(62-49(37-75-11)23-42(30-68-4)24-50(62)38-76-12)26-57(53-14-13-51(55)63(52)64(53)54)61-47(35-73-9)21-41(29-67-3)22-48(61)36-74-10/h13-26,55,58H,27-38H2,1-12H3. The maximum atomic E-state index is 6.07. The lowest BCUT2D eigenvalue weighted by Crippen LogP contribution is -2.19. The summed E-state index contributed by atoms with van der Waals surface area (Å²) in [6, 6.07) is 27.1. The molecule has 2 aliphatic carbocycles. The first-order valence-electron chi connectivity index (χ1n) is 25.7. The minimum Gasteiger partial charge on any atom is -0.380 e. The van der Waals surface area contributed by atoms with Crippen molar-refractivity contribution in [2.75, 3.05) is 85.3 Å². The van der Waals surface area contributed by atoms with Crippen LogP contribution in [0.25, 0.3) is 21.9 Å². The van der Waals surface area contributed by atoms with E-state index in [1.807, 2.05) is 0 Å². The maximum Gasteiger partial charge on any atom is 0.0719 e. The fourth-order valence-corrected chi connectivity index (χ4v) is 12.2. The summed E-state index contributed by atoms with van der Waals surface area (Å²) in [6.07, 6.45) is 4.90. The van der Waals surface area contributed by atoms with Gasteiger partial charge in [-0.1, -0.05) is 84.9 Å². The van der Waals surface area contributed by atoms with Crippen molar-refractivity contribution in [1.29, 1.82) is 0 Å². The van der Waals surface area contributed by atoms with Gasteiger partial charge >= 0.3 is 0 Å². The molecule has 0 N–H and O–H groups in total. The van der Waals surface area contributed by atoms with Crippen molar-refractivity contribution in [2.24, 2.45) is 0 Å². The van der Waals surface area contributed by atoms with E-state index in [0.717, 1.165) is 122 Å². The first kappa shape index (κ1) is 56.8. The Morgan fingerprint density at radius 3 is 0.737 bits per heavy atom. The molecule has 76 heavy (non-hydrogen) atoms. The van der Waals surface area contributed by atoms with E-state index in [2.05, 4.69) is 84.9 Å². The Bertz CT molecular complexity index is 2750. The minimum absolute atomic E-state index is 0.265. The van der Waals surface area contributed by atoms with Crippen LogP contribution >= 0.6 is 0 Å². The molecule has 8 rings (SSSR count). The van der Waals surface area contributed by atoms with Gasteiger partial charge < -0.3 is 56.8 Å². The number of benzene rings is 6. The third-order valence-corrected chi connectivity index (χ3v) is 14.5. The van der Waals surface area contributed by atoms with Gasteiger partial charge in [0.15, 0.2) is 0 Å². The van der Waals surface area contributed by atoms with E-state index in [-0.39, 0.29) is 11.8 Å². The molecule has 12 nitrogen and oxygen atoms in total. The van der Waals surface area contributed by atoms with Crippen LogP contribution in [0.15, 0.2) is 84.9 Å². The Kier molecular flexibility index (Phi) is 20.0. The SMILES string of the molecule is COCc1cc(COC)c(C2=CC(c3c(COC)cc(COC)cc3COC)c3ccc4c5c(ccc2c35)C(c2c(COC)cc(COC)cc2COC)C=C4c2c(COC)cc(COC)cc2COC)c(COC)c1. The molecule has 0 aromatic heterocycles. The molecule has 12 heteroatoms. The highest BCUT2D eigenvalue weighted by molar-refractivity contribution is 6.11. The second-order valence-corrected chi connectivity index (χ2v) is 19.7. The summed E-state index contributed by atoms with van der Waals surface area (Å²) in [4.78, 5) is 0. The number of hydrogen-bond acceptors (Lipinski definition) is 12. The summed E-state index contributed by atoms with van der Waals surface area (Å²) in [7, 11) is 20.9. The molecule has 2 atom stereocenters. The highest BCUT2D eigenvalue weighted by Gasteiger charge is 2.36. The average Bonchev–Trinajstić information content (AvgIpc) is 3.46. The number of allylic oxidation sites excluding steroid dienone is 2. The number of hydrogen-bond donors (Lipinski definition) is 0. The second-order valence-electron chi connectivity index (χ2n) is 19.7. The topological polar surface area (TPSA) is 111 Å². The van der Waals surface area contributed by atoms with Gasteiger partial charge in [-0.15, -0.1) is 0 Å². The zero-order chi connectivity index (χ0) is 53.9. The zero-order valence-electron chi connectivity index (χ0n) is 46.6. The van der Waals surface area contributed by atoms with Crippen LogP contribution in [0.1, 0.15) is 123 Å². The molecule has 0 radical (unpaired) electrons. The van der Waals surface area contributed by atoms with E-state index < -0.39 is 0 Å². The highest BCUT2D eigenvalue weighted by atomic mass is 16.5. The number of methoxy groups -OCH3 is 12. The van der Waals surface area contributed by atoms with Gasteiger partial charge in [0.2, 0.25) is 0 Å². The largest absolute Gasteiger partial charge is 0.380 e. The second kappa shape index (κ2) is 26.8. The summed E-state index contributed by atoms with van der Waals surface area (Å²) >= 11 is 0. The number of rotatable bonds is 28. The van der Waals surface area contributed by atoms with Gasteiger partial charge in [0, 0.05) is 97.2 Å². The molecular weight excluding hydrogens is 961 g/mol. The molecular formula is C64H76O12. The molecule has 6 aromatic carbocycles. The molecule has 0 spiro atoms. The van der Waals surface area contributed by atoms with Crippen molar-refractivity contribution < 1.29 is 56.8 Å². The van der Waals surface area contributed by atoms with Crippen molar-refractivity contribution in [1.82, 2.24) is 0 Å². The van der Waals surface area contributed by atoms with Crippen molar-refractivity contribution in [3.63, 3.8) is 0 Å². The first-order valence-corrected chi connectivity index (χ1v) is 25.7. The lowest BCUT2D eigenvalue weighted by atomic mass is 9.68. The van der Waals surface area contributed by atoms with Crippen LogP contribution in [0.5, 0.6) is 0 Å². The molecule has 6 aromatic rings. The van der Waals surface area contributed by atoms with Crippen LogP contribution in [0.3, 0.4) is 0 Å². The predicted molar refractivity (Wildman–Crippen MR) is 296 cm³/mol. The minimum atomic E-state index is -0.265. The molecule has 2 unspecified atom stereocenters. The average molecular weight is 1040 g/mol. The molecule has 0 saturated carbocycles. The van der Waals surface area contributed by atoms with E-state index in [1.165, 1.54) is 11.1 Å². The van der Waals surface area contributed by atoms with Crippen LogP contribution in [-0.4, -0.2) is 85.3 Å². The van der Waals surface area contributed by atoms with E-state index in [4.69, 9.17) is 56.8 Å². The van der Waals surface area contributed by atoms with Crippen LogP contribution in [0, 0.1) is 0 Å². The van der Waals surface area contributed by atoms with E-state index in [9.17, 15) is 0 Å². The van der Waals surface area contributed by atoms with Crippen molar-refractivity contribution in [2.45, 2.75) is 91.1 Å². The normalized spacial score (nSPS) is 14.9. The summed E-state index contributed by atoms with van der Waals surface area (Å²) in [6.45, 7) is 4.80. The van der Waals surface area contributed by atoms with Gasteiger partial charge in [0.1, 0.15) is 0 Å². The van der Waals surface area contributed by atoms with Crippen LogP contribution in [0.4, 0.5) is 0 Å². The lowest BCUT2D eigenvalue weighted by Gasteiger charge is -2.35. The molecule has 0 fully saturated rings. The van der Waals surface area contributed by atoms with Crippen molar-refractivity contribution in [3.8, 4) is 0 Å². The van der Waals surface area contributed by atoms with Crippen LogP contribution in [0.2, 0.25) is 0 Å². The Hall–Kier alpha value is -5.42. The van der Waals surface area contributed by atoms with E-state index in [0.29, 0.717) is 79.3 Å².